The van der Waals surface area contributed by atoms with Gasteiger partial charge in [0.05, 0.1) is 15.7 Å². The van der Waals surface area contributed by atoms with Gasteiger partial charge >= 0.3 is 0 Å². The SMILES string of the molecule is CC#CCCNc1c(Cl)cc(F)cc1Cl. The molecule has 0 spiro atoms. The van der Waals surface area contributed by atoms with Crippen molar-refractivity contribution in [3.8, 4) is 11.8 Å². The Morgan fingerprint density at radius 3 is 2.47 bits per heavy atom. The van der Waals surface area contributed by atoms with Crippen LogP contribution in [0.25, 0.3) is 0 Å². The molecule has 0 aliphatic heterocycles. The fraction of sp³-hybridized carbons (Fsp3) is 0.273. The quantitative estimate of drug-likeness (QED) is 0.628. The predicted molar refractivity (Wildman–Crippen MR) is 63.0 cm³/mol. The molecule has 0 aromatic heterocycles. The van der Waals surface area contributed by atoms with E-state index >= 15 is 0 Å². The molecule has 0 fully saturated rings. The molecule has 4 heteroatoms. The molecule has 1 nitrogen and oxygen atoms in total. The molecule has 1 N–H and O–H groups in total. The van der Waals surface area contributed by atoms with Crippen LogP contribution in [-0.4, -0.2) is 6.54 Å². The Morgan fingerprint density at radius 2 is 1.93 bits per heavy atom. The minimum Gasteiger partial charge on any atom is -0.382 e. The highest BCUT2D eigenvalue weighted by Crippen LogP contribution is 2.31. The van der Waals surface area contributed by atoms with Crippen LogP contribution in [0.4, 0.5) is 10.1 Å². The lowest BCUT2D eigenvalue weighted by Crippen LogP contribution is -2.02. The van der Waals surface area contributed by atoms with Crippen LogP contribution >= 0.6 is 23.2 Å². The number of benzene rings is 1. The van der Waals surface area contributed by atoms with Crippen LogP contribution in [0.15, 0.2) is 12.1 Å². The summed E-state index contributed by atoms with van der Waals surface area (Å²) in [5.41, 5.74) is 0.553. The summed E-state index contributed by atoms with van der Waals surface area (Å²) in [4.78, 5) is 0. The third-order valence-electron chi connectivity index (χ3n) is 1.74. The van der Waals surface area contributed by atoms with Gasteiger partial charge in [-0.15, -0.1) is 11.8 Å². The Bertz CT molecular complexity index is 384. The molecule has 0 bridgehead atoms. The van der Waals surface area contributed by atoms with Crippen LogP contribution in [0.1, 0.15) is 13.3 Å². The van der Waals surface area contributed by atoms with E-state index in [0.29, 0.717) is 18.7 Å². The first-order valence-corrected chi connectivity index (χ1v) is 5.18. The van der Waals surface area contributed by atoms with Gasteiger partial charge < -0.3 is 5.32 Å². The van der Waals surface area contributed by atoms with Gasteiger partial charge in [0.1, 0.15) is 5.82 Å². The Hall–Kier alpha value is -0.910. The van der Waals surface area contributed by atoms with Crippen LogP contribution < -0.4 is 5.32 Å². The number of nitrogens with one attached hydrogen (secondary N) is 1. The second-order valence-electron chi connectivity index (χ2n) is 2.85. The number of hydrogen-bond donors (Lipinski definition) is 1. The normalized spacial score (nSPS) is 9.33. The molecule has 0 radical (unpaired) electrons. The maximum absolute atomic E-state index is 12.8. The summed E-state index contributed by atoms with van der Waals surface area (Å²) in [5.74, 6) is 5.23. The topological polar surface area (TPSA) is 12.0 Å². The van der Waals surface area contributed by atoms with Gasteiger partial charge in [-0.3, -0.25) is 0 Å². The summed E-state index contributed by atoms with van der Waals surface area (Å²) in [6.45, 7) is 2.41. The van der Waals surface area contributed by atoms with Crippen molar-refractivity contribution in [1.29, 1.82) is 0 Å². The van der Waals surface area contributed by atoms with Crippen LogP contribution in [0.2, 0.25) is 10.0 Å². The van der Waals surface area contributed by atoms with Crippen molar-refractivity contribution in [2.24, 2.45) is 0 Å². The van der Waals surface area contributed by atoms with Gasteiger partial charge in [0.2, 0.25) is 0 Å². The minimum atomic E-state index is -0.441. The van der Waals surface area contributed by atoms with E-state index in [1.54, 1.807) is 6.92 Å². The van der Waals surface area contributed by atoms with Crippen molar-refractivity contribution in [1.82, 2.24) is 0 Å². The van der Waals surface area contributed by atoms with Crippen LogP contribution in [0.3, 0.4) is 0 Å². The smallest absolute Gasteiger partial charge is 0.126 e. The summed E-state index contributed by atoms with van der Waals surface area (Å²) in [6.07, 6.45) is 0.695. The standard InChI is InChI=1S/C11H10Cl2FN/c1-2-3-4-5-15-11-9(12)6-8(14)7-10(11)13/h6-7,15H,4-5H2,1H3. The van der Waals surface area contributed by atoms with Gasteiger partial charge in [0.25, 0.3) is 0 Å². The van der Waals surface area contributed by atoms with Crippen LogP contribution in [-0.2, 0) is 0 Å². The minimum absolute atomic E-state index is 0.282. The van der Waals surface area contributed by atoms with E-state index in [-0.39, 0.29) is 10.0 Å². The van der Waals surface area contributed by atoms with Gasteiger partial charge in [0, 0.05) is 13.0 Å². The third kappa shape index (κ3) is 3.62. The first kappa shape index (κ1) is 12.2. The lowest BCUT2D eigenvalue weighted by atomic mass is 10.3. The molecule has 0 saturated heterocycles. The first-order valence-electron chi connectivity index (χ1n) is 4.43. The second-order valence-corrected chi connectivity index (χ2v) is 3.66. The number of hydrogen-bond acceptors (Lipinski definition) is 1. The number of halogens is 3. The largest absolute Gasteiger partial charge is 0.382 e. The van der Waals surface area contributed by atoms with E-state index in [2.05, 4.69) is 17.2 Å². The Kier molecular flexibility index (Phi) is 4.74. The zero-order valence-corrected chi connectivity index (χ0v) is 9.71. The molecule has 1 aromatic carbocycles. The summed E-state index contributed by atoms with van der Waals surface area (Å²) in [7, 11) is 0. The molecular weight excluding hydrogens is 236 g/mol. The van der Waals surface area contributed by atoms with E-state index in [9.17, 15) is 4.39 Å². The monoisotopic (exact) mass is 245 g/mol. The van der Waals surface area contributed by atoms with Gasteiger partial charge in [-0.05, 0) is 19.1 Å². The molecule has 1 aromatic rings. The van der Waals surface area contributed by atoms with Crippen molar-refractivity contribution >= 4 is 28.9 Å². The third-order valence-corrected chi connectivity index (χ3v) is 2.33. The first-order chi connectivity index (χ1) is 7.15. The van der Waals surface area contributed by atoms with Crippen molar-refractivity contribution in [3.63, 3.8) is 0 Å². The second kappa shape index (κ2) is 5.85. The zero-order chi connectivity index (χ0) is 11.3. The maximum Gasteiger partial charge on any atom is 0.126 e. The van der Waals surface area contributed by atoms with Gasteiger partial charge in [-0.1, -0.05) is 23.2 Å². The van der Waals surface area contributed by atoms with Crippen molar-refractivity contribution in [2.75, 3.05) is 11.9 Å². The van der Waals surface area contributed by atoms with Crippen LogP contribution in [0, 0.1) is 17.7 Å². The van der Waals surface area contributed by atoms with Crippen molar-refractivity contribution in [2.45, 2.75) is 13.3 Å². The lowest BCUT2D eigenvalue weighted by molar-refractivity contribution is 0.628. The van der Waals surface area contributed by atoms with Crippen LogP contribution in [0.5, 0.6) is 0 Å². The highest BCUT2D eigenvalue weighted by Gasteiger charge is 2.07. The molecule has 80 valence electrons. The molecular formula is C11H10Cl2FN. The van der Waals surface area contributed by atoms with Gasteiger partial charge in [0.15, 0.2) is 0 Å². The maximum atomic E-state index is 12.8. The highest BCUT2D eigenvalue weighted by atomic mass is 35.5. The zero-order valence-electron chi connectivity index (χ0n) is 8.20. The van der Waals surface area contributed by atoms with E-state index in [4.69, 9.17) is 23.2 Å². The Labute approximate surface area is 98.6 Å². The fourth-order valence-corrected chi connectivity index (χ4v) is 1.68. The lowest BCUT2D eigenvalue weighted by Gasteiger charge is -2.08. The van der Waals surface area contributed by atoms with Gasteiger partial charge in [-0.2, -0.15) is 0 Å². The van der Waals surface area contributed by atoms with E-state index in [1.165, 1.54) is 12.1 Å². The van der Waals surface area contributed by atoms with Crippen molar-refractivity contribution < 1.29 is 4.39 Å². The molecule has 0 amide bonds. The van der Waals surface area contributed by atoms with E-state index < -0.39 is 5.82 Å². The Balaban J connectivity index is 2.71. The molecule has 0 atom stereocenters. The summed E-state index contributed by atoms with van der Waals surface area (Å²) in [6, 6.07) is 2.45. The predicted octanol–water partition coefficient (Wildman–Crippen LogP) is 3.96. The summed E-state index contributed by atoms with van der Waals surface area (Å²) >= 11 is 11.6. The fourth-order valence-electron chi connectivity index (χ4n) is 1.09. The molecule has 0 unspecified atom stereocenters. The Morgan fingerprint density at radius 1 is 1.33 bits per heavy atom. The summed E-state index contributed by atoms with van der Waals surface area (Å²) < 4.78 is 12.8. The van der Waals surface area contributed by atoms with E-state index in [1.807, 2.05) is 0 Å². The number of rotatable bonds is 3. The average molecular weight is 246 g/mol. The molecule has 0 aliphatic carbocycles. The molecule has 15 heavy (non-hydrogen) atoms. The molecule has 1 rings (SSSR count). The van der Waals surface area contributed by atoms with E-state index in [0.717, 1.165) is 0 Å². The molecule has 0 aliphatic rings. The molecule has 0 heterocycles. The molecule has 0 saturated carbocycles. The average Bonchev–Trinajstić information content (AvgIpc) is 2.15. The summed E-state index contributed by atoms with van der Waals surface area (Å²) in [5, 5.41) is 3.57. The van der Waals surface area contributed by atoms with Gasteiger partial charge in [-0.25, -0.2) is 4.39 Å². The number of anilines is 1. The van der Waals surface area contributed by atoms with Crippen molar-refractivity contribution in [3.05, 3.63) is 28.0 Å². The highest BCUT2D eigenvalue weighted by molar-refractivity contribution is 6.39.